The largest absolute Gasteiger partial charge is 0.357 e. The summed E-state index contributed by atoms with van der Waals surface area (Å²) in [6, 6.07) is 2.22. The molecular weight excluding hydrogens is 198 g/mol. The molecule has 2 heterocycles. The molecule has 0 spiro atoms. The van der Waals surface area contributed by atoms with Crippen LogP contribution in [0.2, 0.25) is 0 Å². The van der Waals surface area contributed by atoms with Gasteiger partial charge in [0.15, 0.2) is 0 Å². The average Bonchev–Trinajstić information content (AvgIpc) is 3.03. The molecule has 3 nitrogen and oxygen atoms in total. The topological polar surface area (TPSA) is 29.0 Å². The van der Waals surface area contributed by atoms with E-state index in [0.717, 1.165) is 5.82 Å². The second-order valence-electron chi connectivity index (χ2n) is 4.98. The van der Waals surface area contributed by atoms with Crippen LogP contribution in [-0.4, -0.2) is 23.1 Å². The lowest BCUT2D eigenvalue weighted by Crippen LogP contribution is -2.19. The summed E-state index contributed by atoms with van der Waals surface area (Å²) >= 11 is 0. The molecule has 0 aromatic carbocycles. The van der Waals surface area contributed by atoms with E-state index in [1.54, 1.807) is 6.33 Å². The number of hydrogen-bond donors (Lipinski definition) is 0. The Labute approximate surface area is 96.9 Å². The molecule has 3 rings (SSSR count). The van der Waals surface area contributed by atoms with Gasteiger partial charge in [0.25, 0.3) is 0 Å². The molecule has 0 N–H and O–H groups in total. The maximum atomic E-state index is 4.46. The second kappa shape index (κ2) is 4.40. The molecule has 1 aliphatic heterocycles. The van der Waals surface area contributed by atoms with Gasteiger partial charge in [0.05, 0.1) is 0 Å². The van der Waals surface area contributed by atoms with Crippen LogP contribution in [0.5, 0.6) is 0 Å². The molecule has 3 heteroatoms. The lowest BCUT2D eigenvalue weighted by Gasteiger charge is -2.17. The normalized spacial score (nSPS) is 21.9. The molecule has 0 unspecified atom stereocenters. The Kier molecular flexibility index (Phi) is 2.77. The Morgan fingerprint density at radius 3 is 2.50 bits per heavy atom. The third-order valence-corrected chi connectivity index (χ3v) is 3.88. The molecule has 1 saturated heterocycles. The molecule has 1 saturated carbocycles. The molecular formula is C13H19N3. The zero-order valence-electron chi connectivity index (χ0n) is 9.73. The maximum Gasteiger partial charge on any atom is 0.132 e. The molecule has 86 valence electrons. The smallest absolute Gasteiger partial charge is 0.132 e. The van der Waals surface area contributed by atoms with Gasteiger partial charge in [-0.25, -0.2) is 9.97 Å². The fraction of sp³-hybridized carbons (Fsp3) is 0.692. The summed E-state index contributed by atoms with van der Waals surface area (Å²) < 4.78 is 0. The van der Waals surface area contributed by atoms with Crippen LogP contribution < -0.4 is 4.90 Å². The molecule has 0 bridgehead atoms. The van der Waals surface area contributed by atoms with Gasteiger partial charge < -0.3 is 4.90 Å². The lowest BCUT2D eigenvalue weighted by atomic mass is 10.0. The Hall–Kier alpha value is -1.12. The Morgan fingerprint density at radius 1 is 1.00 bits per heavy atom. The number of anilines is 1. The minimum absolute atomic E-state index is 0.698. The standard InChI is InChI=1S/C13H19N3/c1-2-6-11(5-1)12-9-13(15-10-14-12)16-7-3-4-8-16/h9-11H,1-8H2. The summed E-state index contributed by atoms with van der Waals surface area (Å²) in [5.41, 5.74) is 1.27. The van der Waals surface area contributed by atoms with E-state index in [9.17, 15) is 0 Å². The molecule has 1 aromatic rings. The van der Waals surface area contributed by atoms with Crippen LogP contribution in [0.1, 0.15) is 50.1 Å². The summed E-state index contributed by atoms with van der Waals surface area (Å²) in [6.45, 7) is 2.34. The molecule has 1 aliphatic carbocycles. The fourth-order valence-electron chi connectivity index (χ4n) is 2.93. The molecule has 0 radical (unpaired) electrons. The second-order valence-corrected chi connectivity index (χ2v) is 4.98. The Bertz CT molecular complexity index is 321. The van der Waals surface area contributed by atoms with Crippen LogP contribution in [0.15, 0.2) is 12.4 Å². The molecule has 0 amide bonds. The number of rotatable bonds is 2. The third-order valence-electron chi connectivity index (χ3n) is 3.88. The van der Waals surface area contributed by atoms with Gasteiger partial charge in [-0.2, -0.15) is 0 Å². The van der Waals surface area contributed by atoms with Crippen molar-refractivity contribution in [2.24, 2.45) is 0 Å². The Morgan fingerprint density at radius 2 is 1.75 bits per heavy atom. The van der Waals surface area contributed by atoms with Crippen LogP contribution in [0.25, 0.3) is 0 Å². The zero-order chi connectivity index (χ0) is 10.8. The number of aromatic nitrogens is 2. The predicted octanol–water partition coefficient (Wildman–Crippen LogP) is 2.73. The first-order chi connectivity index (χ1) is 7.93. The van der Waals surface area contributed by atoms with Gasteiger partial charge in [-0.3, -0.25) is 0 Å². The van der Waals surface area contributed by atoms with E-state index in [1.807, 2.05) is 0 Å². The van der Waals surface area contributed by atoms with Crippen molar-refractivity contribution < 1.29 is 0 Å². The molecule has 2 fully saturated rings. The van der Waals surface area contributed by atoms with Crippen molar-refractivity contribution in [3.8, 4) is 0 Å². The minimum Gasteiger partial charge on any atom is -0.357 e. The first-order valence-electron chi connectivity index (χ1n) is 6.50. The van der Waals surface area contributed by atoms with E-state index < -0.39 is 0 Å². The van der Waals surface area contributed by atoms with Crippen LogP contribution in [-0.2, 0) is 0 Å². The van der Waals surface area contributed by atoms with Crippen molar-refractivity contribution in [2.45, 2.75) is 44.4 Å². The zero-order valence-corrected chi connectivity index (χ0v) is 9.73. The predicted molar refractivity (Wildman–Crippen MR) is 64.7 cm³/mol. The highest BCUT2D eigenvalue weighted by Crippen LogP contribution is 2.33. The highest BCUT2D eigenvalue weighted by molar-refractivity contribution is 5.40. The van der Waals surface area contributed by atoms with Crippen molar-refractivity contribution in [1.82, 2.24) is 9.97 Å². The van der Waals surface area contributed by atoms with Crippen molar-refractivity contribution >= 4 is 5.82 Å². The van der Waals surface area contributed by atoms with Crippen molar-refractivity contribution in [1.29, 1.82) is 0 Å². The summed E-state index contributed by atoms with van der Waals surface area (Å²) in [5, 5.41) is 0. The Balaban J connectivity index is 1.81. The third kappa shape index (κ3) is 1.91. The van der Waals surface area contributed by atoms with E-state index in [-0.39, 0.29) is 0 Å². The van der Waals surface area contributed by atoms with Crippen LogP contribution in [0.4, 0.5) is 5.82 Å². The fourth-order valence-corrected chi connectivity index (χ4v) is 2.93. The number of nitrogens with zero attached hydrogens (tertiary/aromatic N) is 3. The van der Waals surface area contributed by atoms with E-state index in [4.69, 9.17) is 0 Å². The number of hydrogen-bond acceptors (Lipinski definition) is 3. The van der Waals surface area contributed by atoms with Crippen molar-refractivity contribution in [3.05, 3.63) is 18.1 Å². The average molecular weight is 217 g/mol. The van der Waals surface area contributed by atoms with Gasteiger partial charge in [-0.15, -0.1) is 0 Å². The van der Waals surface area contributed by atoms with Crippen LogP contribution >= 0.6 is 0 Å². The maximum absolute atomic E-state index is 4.46. The van der Waals surface area contributed by atoms with E-state index >= 15 is 0 Å². The monoisotopic (exact) mass is 217 g/mol. The molecule has 1 aromatic heterocycles. The summed E-state index contributed by atoms with van der Waals surface area (Å²) in [7, 11) is 0. The molecule has 16 heavy (non-hydrogen) atoms. The lowest BCUT2D eigenvalue weighted by molar-refractivity contribution is 0.692. The van der Waals surface area contributed by atoms with Gasteiger partial charge in [0.2, 0.25) is 0 Å². The first kappa shape index (κ1) is 10.1. The van der Waals surface area contributed by atoms with Crippen molar-refractivity contribution in [3.63, 3.8) is 0 Å². The van der Waals surface area contributed by atoms with E-state index in [2.05, 4.69) is 20.9 Å². The summed E-state index contributed by atoms with van der Waals surface area (Å²) in [4.78, 5) is 11.3. The van der Waals surface area contributed by atoms with Gasteiger partial charge in [-0.1, -0.05) is 12.8 Å². The SMILES string of the molecule is c1nc(C2CCCC2)cc(N2CCCC2)n1. The van der Waals surface area contributed by atoms with Crippen LogP contribution in [0.3, 0.4) is 0 Å². The van der Waals surface area contributed by atoms with E-state index in [1.165, 1.54) is 57.3 Å². The first-order valence-corrected chi connectivity index (χ1v) is 6.50. The van der Waals surface area contributed by atoms with Gasteiger partial charge in [0.1, 0.15) is 12.1 Å². The van der Waals surface area contributed by atoms with Crippen molar-refractivity contribution in [2.75, 3.05) is 18.0 Å². The quantitative estimate of drug-likeness (QED) is 0.762. The highest BCUT2D eigenvalue weighted by atomic mass is 15.2. The molecule has 0 atom stereocenters. The van der Waals surface area contributed by atoms with Gasteiger partial charge >= 0.3 is 0 Å². The van der Waals surface area contributed by atoms with Gasteiger partial charge in [-0.05, 0) is 25.7 Å². The van der Waals surface area contributed by atoms with Crippen LogP contribution in [0, 0.1) is 0 Å². The molecule has 2 aliphatic rings. The minimum atomic E-state index is 0.698. The van der Waals surface area contributed by atoms with E-state index in [0.29, 0.717) is 5.92 Å². The summed E-state index contributed by atoms with van der Waals surface area (Å²) in [6.07, 6.45) is 9.74. The van der Waals surface area contributed by atoms with Gasteiger partial charge in [0, 0.05) is 30.8 Å². The summed E-state index contributed by atoms with van der Waals surface area (Å²) in [5.74, 6) is 1.85. The highest BCUT2D eigenvalue weighted by Gasteiger charge is 2.20.